The monoisotopic (exact) mass is 528 g/mol. The second-order valence-corrected chi connectivity index (χ2v) is 14.9. The molecule has 10 atom stereocenters. The number of esters is 1. The Morgan fingerprint density at radius 3 is 2.16 bits per heavy atom. The lowest BCUT2D eigenvalue weighted by molar-refractivity contribution is -0.221. The van der Waals surface area contributed by atoms with Gasteiger partial charge in [-0.05, 0) is 98.2 Å². The van der Waals surface area contributed by atoms with Gasteiger partial charge in [-0.25, -0.2) is 0 Å². The second kappa shape index (κ2) is 8.57. The van der Waals surface area contributed by atoms with Gasteiger partial charge in [0.25, 0.3) is 0 Å². The van der Waals surface area contributed by atoms with E-state index in [1.54, 1.807) is 0 Å². The van der Waals surface area contributed by atoms with Crippen molar-refractivity contribution in [1.29, 1.82) is 0 Å². The van der Waals surface area contributed by atoms with Crippen molar-refractivity contribution >= 4 is 17.9 Å². The number of carboxylic acid groups (broad SMARTS) is 2. The Kier molecular flexibility index (Phi) is 6.25. The van der Waals surface area contributed by atoms with E-state index in [1.807, 2.05) is 0 Å². The Morgan fingerprint density at radius 1 is 0.868 bits per heavy atom. The normalized spacial score (nSPS) is 49.3. The minimum atomic E-state index is -1.03. The standard InChI is InChI=1S/C32H48O6/c1-18-10-15-31(26(34)35)16-17-32(27(36)37)21(25(31)19(18)2)8-9-23-29(6)13-12-24(38-20(3)33)28(4,5)22(29)11-14-30(23,32)7/h8,18-19,22-25H,9-17H2,1-7H3,(H,34,35)(H,36,37). The molecule has 0 amide bonds. The number of hydrogen-bond donors (Lipinski definition) is 2. The highest BCUT2D eigenvalue weighted by Gasteiger charge is 2.73. The molecule has 6 nitrogen and oxygen atoms in total. The van der Waals surface area contributed by atoms with Crippen molar-refractivity contribution < 1.29 is 29.3 Å². The van der Waals surface area contributed by atoms with E-state index < -0.39 is 28.2 Å². The van der Waals surface area contributed by atoms with Crippen molar-refractivity contribution in [2.75, 3.05) is 0 Å². The first-order chi connectivity index (χ1) is 17.6. The summed E-state index contributed by atoms with van der Waals surface area (Å²) < 4.78 is 5.82. The molecule has 0 saturated heterocycles. The lowest BCUT2D eigenvalue weighted by Gasteiger charge is -2.70. The molecule has 5 aliphatic rings. The summed E-state index contributed by atoms with van der Waals surface area (Å²) in [6.45, 7) is 14.9. The van der Waals surface area contributed by atoms with Gasteiger partial charge < -0.3 is 14.9 Å². The third kappa shape index (κ3) is 3.27. The Hall–Kier alpha value is -1.85. The minimum absolute atomic E-state index is 0.0789. The van der Waals surface area contributed by atoms with Crippen molar-refractivity contribution in [1.82, 2.24) is 0 Å². The topological polar surface area (TPSA) is 101 Å². The fraction of sp³-hybridized carbons (Fsp3) is 0.844. The predicted molar refractivity (Wildman–Crippen MR) is 144 cm³/mol. The Labute approximate surface area is 228 Å². The molecule has 0 heterocycles. The summed E-state index contributed by atoms with van der Waals surface area (Å²) in [5.74, 6) is -0.952. The molecule has 0 radical (unpaired) electrons. The average molecular weight is 529 g/mol. The van der Waals surface area contributed by atoms with Crippen LogP contribution in [-0.4, -0.2) is 34.2 Å². The number of ether oxygens (including phenoxy) is 1. The van der Waals surface area contributed by atoms with Crippen LogP contribution in [0.1, 0.15) is 106 Å². The van der Waals surface area contributed by atoms with E-state index in [2.05, 4.69) is 47.6 Å². The average Bonchev–Trinajstić information content (AvgIpc) is 2.82. The highest BCUT2D eigenvalue weighted by Crippen LogP contribution is 2.76. The van der Waals surface area contributed by atoms with Crippen molar-refractivity contribution in [3.8, 4) is 0 Å². The van der Waals surface area contributed by atoms with Crippen LogP contribution in [0.25, 0.3) is 0 Å². The van der Waals surface area contributed by atoms with Gasteiger partial charge in [-0.2, -0.15) is 0 Å². The molecule has 6 heteroatoms. The Balaban J connectivity index is 1.63. The fourth-order valence-electron chi connectivity index (χ4n) is 11.4. The van der Waals surface area contributed by atoms with Crippen LogP contribution in [0.15, 0.2) is 11.6 Å². The molecule has 5 aliphatic carbocycles. The fourth-order valence-corrected chi connectivity index (χ4v) is 11.4. The van der Waals surface area contributed by atoms with Crippen molar-refractivity contribution in [3.63, 3.8) is 0 Å². The van der Waals surface area contributed by atoms with E-state index in [0.29, 0.717) is 31.1 Å². The van der Waals surface area contributed by atoms with Crippen LogP contribution >= 0.6 is 0 Å². The van der Waals surface area contributed by atoms with E-state index in [0.717, 1.165) is 44.1 Å². The van der Waals surface area contributed by atoms with Gasteiger partial charge in [-0.3, -0.25) is 14.4 Å². The van der Waals surface area contributed by atoms with E-state index in [9.17, 15) is 24.6 Å². The van der Waals surface area contributed by atoms with Crippen LogP contribution in [0.3, 0.4) is 0 Å². The van der Waals surface area contributed by atoms with Gasteiger partial charge in [0.15, 0.2) is 0 Å². The van der Waals surface area contributed by atoms with E-state index >= 15 is 0 Å². The Morgan fingerprint density at radius 2 is 1.55 bits per heavy atom. The third-order valence-electron chi connectivity index (χ3n) is 13.5. The zero-order valence-corrected chi connectivity index (χ0v) is 24.4. The molecule has 38 heavy (non-hydrogen) atoms. The summed E-state index contributed by atoms with van der Waals surface area (Å²) in [7, 11) is 0. The molecule has 212 valence electrons. The highest BCUT2D eigenvalue weighted by molar-refractivity contribution is 5.84. The van der Waals surface area contributed by atoms with Crippen molar-refractivity contribution in [2.24, 2.45) is 56.7 Å². The van der Waals surface area contributed by atoms with E-state index in [-0.39, 0.29) is 40.7 Å². The third-order valence-corrected chi connectivity index (χ3v) is 13.5. The van der Waals surface area contributed by atoms with Crippen LogP contribution in [0.5, 0.6) is 0 Å². The number of carbonyl (C=O) groups is 3. The maximum atomic E-state index is 13.6. The largest absolute Gasteiger partial charge is 0.481 e. The van der Waals surface area contributed by atoms with Crippen LogP contribution in [0.4, 0.5) is 0 Å². The summed E-state index contributed by atoms with van der Waals surface area (Å²) in [4.78, 5) is 38.4. The summed E-state index contributed by atoms with van der Waals surface area (Å²) in [6, 6.07) is 0. The van der Waals surface area contributed by atoms with Gasteiger partial charge in [-0.1, -0.05) is 53.2 Å². The maximum Gasteiger partial charge on any atom is 0.314 e. The summed E-state index contributed by atoms with van der Waals surface area (Å²) in [5, 5.41) is 21.7. The first-order valence-corrected chi connectivity index (χ1v) is 14.9. The van der Waals surface area contributed by atoms with Crippen molar-refractivity contribution in [3.05, 3.63) is 11.6 Å². The van der Waals surface area contributed by atoms with Gasteiger partial charge in [0.2, 0.25) is 0 Å². The molecule has 0 aromatic heterocycles. The molecule has 4 saturated carbocycles. The van der Waals surface area contributed by atoms with Gasteiger partial charge in [-0.15, -0.1) is 0 Å². The van der Waals surface area contributed by atoms with Crippen LogP contribution in [0.2, 0.25) is 0 Å². The van der Waals surface area contributed by atoms with Crippen LogP contribution in [-0.2, 0) is 19.1 Å². The molecule has 2 N–H and O–H groups in total. The van der Waals surface area contributed by atoms with Crippen molar-refractivity contribution in [2.45, 2.75) is 112 Å². The van der Waals surface area contributed by atoms with E-state index in [1.165, 1.54) is 6.92 Å². The molecule has 0 aromatic rings. The number of hydrogen-bond acceptors (Lipinski definition) is 4. The smallest absolute Gasteiger partial charge is 0.314 e. The zero-order valence-electron chi connectivity index (χ0n) is 24.4. The minimum Gasteiger partial charge on any atom is -0.481 e. The number of carbonyl (C=O) groups excluding carboxylic acids is 1. The van der Waals surface area contributed by atoms with E-state index in [4.69, 9.17) is 4.74 Å². The zero-order chi connectivity index (χ0) is 28.1. The van der Waals surface area contributed by atoms with Crippen LogP contribution < -0.4 is 0 Å². The summed E-state index contributed by atoms with van der Waals surface area (Å²) in [6.07, 6.45) is 8.67. The van der Waals surface area contributed by atoms with Gasteiger partial charge in [0.1, 0.15) is 6.10 Å². The quantitative estimate of drug-likeness (QED) is 0.311. The number of rotatable bonds is 3. The molecule has 5 rings (SSSR count). The molecular formula is C32H48O6. The summed E-state index contributed by atoms with van der Waals surface area (Å²) >= 11 is 0. The second-order valence-electron chi connectivity index (χ2n) is 14.9. The number of fused-ring (bicyclic) bond motifs is 7. The summed E-state index contributed by atoms with van der Waals surface area (Å²) in [5.41, 5.74) is -1.68. The number of aliphatic carboxylic acids is 2. The SMILES string of the molecule is CC(=O)OC1CCC2(C)C(CCC3(C)C2CC=C2C4C(C)C(C)CCC4(C(=O)O)CCC23C(=O)O)C1(C)C. The van der Waals surface area contributed by atoms with Gasteiger partial charge in [0, 0.05) is 12.3 Å². The first kappa shape index (κ1) is 27.7. The maximum absolute atomic E-state index is 13.6. The molecule has 0 bridgehead atoms. The number of allylic oxidation sites excluding steroid dienone is 1. The predicted octanol–water partition coefficient (Wildman–Crippen LogP) is 6.73. The molecule has 4 fully saturated rings. The molecule has 0 spiro atoms. The number of carboxylic acids is 2. The Bertz CT molecular complexity index is 1080. The van der Waals surface area contributed by atoms with Gasteiger partial charge >= 0.3 is 17.9 Å². The first-order valence-electron chi connectivity index (χ1n) is 14.9. The highest BCUT2D eigenvalue weighted by atomic mass is 16.5. The lowest BCUT2D eigenvalue weighted by Crippen LogP contribution is -2.68. The van der Waals surface area contributed by atoms with Crippen LogP contribution in [0, 0.1) is 56.7 Å². The molecular weight excluding hydrogens is 480 g/mol. The van der Waals surface area contributed by atoms with Gasteiger partial charge in [0.05, 0.1) is 10.8 Å². The lowest BCUT2D eigenvalue weighted by atomic mass is 9.33. The molecule has 0 aliphatic heterocycles. The molecule has 0 aromatic carbocycles. The molecule has 10 unspecified atom stereocenters.